The van der Waals surface area contributed by atoms with E-state index in [9.17, 15) is 5.26 Å². The Hall–Kier alpha value is -0.590. The van der Waals surface area contributed by atoms with Crippen molar-refractivity contribution in [2.75, 3.05) is 20.1 Å². The van der Waals surface area contributed by atoms with Gasteiger partial charge in [0.25, 0.3) is 0 Å². The molecule has 1 N–H and O–H groups in total. The largest absolute Gasteiger partial charge is 0.303 e. The first-order valence-electron chi connectivity index (χ1n) is 8.04. The number of nitrogens with zero attached hydrogens (tertiary/aromatic N) is 2. The molecule has 0 aliphatic heterocycles. The van der Waals surface area contributed by atoms with E-state index in [4.69, 9.17) is 0 Å². The molecule has 1 aliphatic rings. The fraction of sp³-hybridized carbons (Fsp3) is 0.938. The van der Waals surface area contributed by atoms with E-state index in [0.29, 0.717) is 0 Å². The molecule has 1 atom stereocenters. The Labute approximate surface area is 119 Å². The Kier molecular flexibility index (Phi) is 7.41. The number of nitriles is 1. The van der Waals surface area contributed by atoms with Crippen LogP contribution in [-0.2, 0) is 0 Å². The van der Waals surface area contributed by atoms with Gasteiger partial charge in [0.1, 0.15) is 5.54 Å². The van der Waals surface area contributed by atoms with E-state index in [1.807, 2.05) is 0 Å². The Morgan fingerprint density at radius 2 is 2.00 bits per heavy atom. The molecule has 1 unspecified atom stereocenters. The lowest BCUT2D eigenvalue weighted by atomic mass is 9.91. The summed E-state index contributed by atoms with van der Waals surface area (Å²) in [4.78, 5) is 2.50. The highest BCUT2D eigenvalue weighted by Crippen LogP contribution is 2.23. The summed E-state index contributed by atoms with van der Waals surface area (Å²) < 4.78 is 0. The highest BCUT2D eigenvalue weighted by molar-refractivity contribution is 5.06. The quantitative estimate of drug-likeness (QED) is 0.695. The van der Waals surface area contributed by atoms with Gasteiger partial charge in [-0.05, 0) is 58.7 Å². The van der Waals surface area contributed by atoms with E-state index in [2.05, 4.69) is 37.2 Å². The lowest BCUT2D eigenvalue weighted by molar-refractivity contribution is 0.230. The second-order valence-electron chi connectivity index (χ2n) is 6.00. The van der Waals surface area contributed by atoms with Gasteiger partial charge in [-0.25, -0.2) is 0 Å². The normalized spacial score (nSPS) is 19.5. The van der Waals surface area contributed by atoms with Gasteiger partial charge in [0.05, 0.1) is 6.07 Å². The zero-order chi connectivity index (χ0) is 14.1. The van der Waals surface area contributed by atoms with E-state index < -0.39 is 0 Å². The molecule has 1 aliphatic carbocycles. The van der Waals surface area contributed by atoms with Crippen molar-refractivity contribution in [2.24, 2.45) is 0 Å². The number of hydrogen-bond donors (Lipinski definition) is 1. The third kappa shape index (κ3) is 5.12. The number of rotatable bonds is 9. The van der Waals surface area contributed by atoms with Gasteiger partial charge in [0.2, 0.25) is 0 Å². The van der Waals surface area contributed by atoms with Gasteiger partial charge >= 0.3 is 0 Å². The van der Waals surface area contributed by atoms with Gasteiger partial charge in [0.15, 0.2) is 0 Å². The van der Waals surface area contributed by atoms with Gasteiger partial charge in [-0.15, -0.1) is 0 Å². The van der Waals surface area contributed by atoms with Crippen LogP contribution in [0.15, 0.2) is 0 Å². The lowest BCUT2D eigenvalue weighted by Gasteiger charge is -2.29. The fourth-order valence-electron chi connectivity index (χ4n) is 3.09. The smallest absolute Gasteiger partial charge is 0.106 e. The van der Waals surface area contributed by atoms with Crippen LogP contribution in [0.5, 0.6) is 0 Å². The van der Waals surface area contributed by atoms with Crippen LogP contribution in [0, 0.1) is 11.3 Å². The van der Waals surface area contributed by atoms with Gasteiger partial charge < -0.3 is 4.90 Å². The van der Waals surface area contributed by atoms with Crippen LogP contribution in [0.1, 0.15) is 65.2 Å². The maximum atomic E-state index is 9.45. The molecule has 1 saturated carbocycles. The van der Waals surface area contributed by atoms with Crippen LogP contribution in [0.2, 0.25) is 0 Å². The summed E-state index contributed by atoms with van der Waals surface area (Å²) >= 11 is 0. The molecule has 0 aromatic heterocycles. The van der Waals surface area contributed by atoms with Gasteiger partial charge in [-0.3, -0.25) is 5.32 Å². The van der Waals surface area contributed by atoms with Gasteiger partial charge in [-0.1, -0.05) is 26.7 Å². The Balaban J connectivity index is 2.33. The molecule has 1 rings (SSSR count). The third-order valence-electron chi connectivity index (χ3n) is 4.59. The van der Waals surface area contributed by atoms with E-state index in [-0.39, 0.29) is 5.54 Å². The molecule has 0 bridgehead atoms. The van der Waals surface area contributed by atoms with Crippen molar-refractivity contribution in [3.05, 3.63) is 0 Å². The van der Waals surface area contributed by atoms with E-state index in [0.717, 1.165) is 44.8 Å². The third-order valence-corrected chi connectivity index (χ3v) is 4.59. The highest BCUT2D eigenvalue weighted by Gasteiger charge is 2.27. The van der Waals surface area contributed by atoms with Crippen LogP contribution in [-0.4, -0.2) is 36.6 Å². The summed E-state index contributed by atoms with van der Waals surface area (Å²) in [6.07, 6.45) is 9.59. The molecule has 3 heteroatoms. The molecule has 0 saturated heterocycles. The molecule has 1 fully saturated rings. The van der Waals surface area contributed by atoms with Crippen molar-refractivity contribution in [1.29, 1.82) is 5.26 Å². The van der Waals surface area contributed by atoms with Crippen LogP contribution >= 0.6 is 0 Å². The second kappa shape index (κ2) is 8.55. The number of hydrogen-bond acceptors (Lipinski definition) is 3. The average molecular weight is 265 g/mol. The highest BCUT2D eigenvalue weighted by atomic mass is 15.1. The summed E-state index contributed by atoms with van der Waals surface area (Å²) in [7, 11) is 2.25. The van der Waals surface area contributed by atoms with E-state index in [1.165, 1.54) is 25.7 Å². The molecule has 0 aromatic carbocycles. The number of nitrogens with one attached hydrogen (secondary N) is 1. The van der Waals surface area contributed by atoms with Crippen molar-refractivity contribution in [2.45, 2.75) is 76.8 Å². The minimum Gasteiger partial charge on any atom is -0.303 e. The van der Waals surface area contributed by atoms with E-state index >= 15 is 0 Å². The molecule has 0 radical (unpaired) electrons. The molecular weight excluding hydrogens is 234 g/mol. The predicted octanol–water partition coefficient (Wildman–Crippen LogP) is 3.31. The van der Waals surface area contributed by atoms with Crippen molar-refractivity contribution < 1.29 is 0 Å². The maximum Gasteiger partial charge on any atom is 0.106 e. The van der Waals surface area contributed by atoms with Crippen molar-refractivity contribution in [1.82, 2.24) is 10.2 Å². The summed E-state index contributed by atoms with van der Waals surface area (Å²) in [5, 5.41) is 12.9. The molecule has 0 spiro atoms. The fourth-order valence-corrected chi connectivity index (χ4v) is 3.09. The molecule has 110 valence electrons. The zero-order valence-corrected chi connectivity index (χ0v) is 13.0. The minimum atomic E-state index is -0.299. The predicted molar refractivity (Wildman–Crippen MR) is 81.0 cm³/mol. The Bertz CT molecular complexity index is 278. The molecule has 0 heterocycles. The minimum absolute atomic E-state index is 0.299. The summed E-state index contributed by atoms with van der Waals surface area (Å²) in [5.74, 6) is 0. The van der Waals surface area contributed by atoms with Gasteiger partial charge in [0, 0.05) is 6.04 Å². The molecule has 0 aromatic rings. The van der Waals surface area contributed by atoms with Crippen LogP contribution < -0.4 is 5.32 Å². The van der Waals surface area contributed by atoms with Crippen LogP contribution in [0.25, 0.3) is 0 Å². The summed E-state index contributed by atoms with van der Waals surface area (Å²) in [6, 6.07) is 3.31. The molecular formula is C16H31N3. The van der Waals surface area contributed by atoms with Crippen molar-refractivity contribution >= 4 is 0 Å². The molecule has 0 amide bonds. The summed E-state index contributed by atoms with van der Waals surface area (Å²) in [5.41, 5.74) is -0.299. The Morgan fingerprint density at radius 3 is 2.53 bits per heavy atom. The average Bonchev–Trinajstić information content (AvgIpc) is 2.97. The van der Waals surface area contributed by atoms with Gasteiger partial charge in [-0.2, -0.15) is 5.26 Å². The Morgan fingerprint density at radius 1 is 1.32 bits per heavy atom. The first-order valence-corrected chi connectivity index (χ1v) is 8.04. The molecule has 19 heavy (non-hydrogen) atoms. The first kappa shape index (κ1) is 16.5. The standard InChI is InChI=1S/C16H31N3/c1-4-12-18-16(5-2,14-17)11-8-13-19(3)15-9-6-7-10-15/h15,18H,4-13H2,1-3H3. The lowest BCUT2D eigenvalue weighted by Crippen LogP contribution is -2.44. The maximum absolute atomic E-state index is 9.45. The SMILES string of the molecule is CCCNC(C#N)(CC)CCCN(C)C1CCCC1. The van der Waals surface area contributed by atoms with Crippen LogP contribution in [0.4, 0.5) is 0 Å². The second-order valence-corrected chi connectivity index (χ2v) is 6.00. The first-order chi connectivity index (χ1) is 9.17. The van der Waals surface area contributed by atoms with Crippen molar-refractivity contribution in [3.63, 3.8) is 0 Å². The topological polar surface area (TPSA) is 39.1 Å². The molecule has 3 nitrogen and oxygen atoms in total. The van der Waals surface area contributed by atoms with Crippen LogP contribution in [0.3, 0.4) is 0 Å². The van der Waals surface area contributed by atoms with E-state index in [1.54, 1.807) is 0 Å². The van der Waals surface area contributed by atoms with Crippen molar-refractivity contribution in [3.8, 4) is 6.07 Å². The zero-order valence-electron chi connectivity index (χ0n) is 13.0. The monoisotopic (exact) mass is 265 g/mol. The summed E-state index contributed by atoms with van der Waals surface area (Å²) in [6.45, 7) is 6.34.